The summed E-state index contributed by atoms with van der Waals surface area (Å²) in [5.74, 6) is -3.32. The van der Waals surface area contributed by atoms with Gasteiger partial charge in [-0.3, -0.25) is 39.1 Å². The molecule has 0 saturated carbocycles. The highest BCUT2D eigenvalue weighted by atomic mass is 19.4. The zero-order valence-electron chi connectivity index (χ0n) is 23.8. The van der Waals surface area contributed by atoms with Crippen LogP contribution in [0.4, 0.5) is 13.2 Å². The molecule has 10 nitrogen and oxygen atoms in total. The molecular formula is C32H27F3N4O6. The lowest BCUT2D eigenvalue weighted by molar-refractivity contribution is -0.274. The smallest absolute Gasteiger partial charge is 0.405 e. The number of imide groups is 2. The van der Waals surface area contributed by atoms with Gasteiger partial charge >= 0.3 is 6.36 Å². The van der Waals surface area contributed by atoms with Crippen LogP contribution in [0.2, 0.25) is 0 Å². The van der Waals surface area contributed by atoms with Crippen molar-refractivity contribution < 1.29 is 41.9 Å². The van der Waals surface area contributed by atoms with Gasteiger partial charge < -0.3 is 9.64 Å². The molecule has 6 rings (SSSR count). The van der Waals surface area contributed by atoms with Crippen LogP contribution in [0.5, 0.6) is 5.75 Å². The Hall–Kier alpha value is -5.04. The highest BCUT2D eigenvalue weighted by Gasteiger charge is 2.44. The van der Waals surface area contributed by atoms with Crippen molar-refractivity contribution in [3.05, 3.63) is 89.0 Å². The van der Waals surface area contributed by atoms with E-state index in [0.717, 1.165) is 22.1 Å². The van der Waals surface area contributed by atoms with E-state index >= 15 is 0 Å². The molecule has 1 unspecified atom stereocenters. The van der Waals surface area contributed by atoms with Crippen molar-refractivity contribution >= 4 is 29.5 Å². The summed E-state index contributed by atoms with van der Waals surface area (Å²) in [5.41, 5.74) is 2.72. The average molecular weight is 621 g/mol. The van der Waals surface area contributed by atoms with Gasteiger partial charge in [0.25, 0.3) is 17.7 Å². The summed E-state index contributed by atoms with van der Waals surface area (Å²) in [5, 5.41) is 2.19. The molecule has 2 saturated heterocycles. The second-order valence-corrected chi connectivity index (χ2v) is 11.0. The maximum atomic E-state index is 13.2. The van der Waals surface area contributed by atoms with Gasteiger partial charge in [-0.25, -0.2) is 0 Å². The van der Waals surface area contributed by atoms with E-state index < -0.39 is 47.7 Å². The van der Waals surface area contributed by atoms with E-state index in [4.69, 9.17) is 0 Å². The molecule has 232 valence electrons. The Morgan fingerprint density at radius 2 is 1.56 bits per heavy atom. The van der Waals surface area contributed by atoms with Gasteiger partial charge in [0.05, 0.1) is 16.7 Å². The fourth-order valence-corrected chi connectivity index (χ4v) is 5.89. The molecule has 1 N–H and O–H groups in total. The number of amides is 5. The normalized spacial score (nSPS) is 19.0. The highest BCUT2D eigenvalue weighted by Crippen LogP contribution is 2.32. The molecule has 0 aliphatic carbocycles. The molecule has 45 heavy (non-hydrogen) atoms. The Labute approximate surface area is 255 Å². The first kappa shape index (κ1) is 30.0. The number of carbonyl (C=O) groups excluding carboxylic acids is 5. The van der Waals surface area contributed by atoms with Crippen LogP contribution in [-0.2, 0) is 16.1 Å². The molecule has 2 fully saturated rings. The lowest BCUT2D eigenvalue weighted by atomic mass is 9.98. The monoisotopic (exact) mass is 620 g/mol. The standard InChI is InChI=1S/C32H27F3N4O6/c33-32(34,35)45-26-7-2-1-6-23(26)29(42)38-14-12-37(13-15-38)18-19-4-3-5-20(16-19)21-8-9-22-24(17-21)31(44)39(30(22)43)25-10-11-27(40)36-28(25)41/h1-9,16-17,25H,10-15,18H2,(H,36,40,41). The van der Waals surface area contributed by atoms with Crippen molar-refractivity contribution in [2.75, 3.05) is 26.2 Å². The minimum atomic E-state index is -4.91. The first-order chi connectivity index (χ1) is 21.5. The summed E-state index contributed by atoms with van der Waals surface area (Å²) >= 11 is 0. The summed E-state index contributed by atoms with van der Waals surface area (Å²) in [7, 11) is 0. The van der Waals surface area contributed by atoms with Gasteiger partial charge in [-0.15, -0.1) is 13.2 Å². The second kappa shape index (κ2) is 11.8. The van der Waals surface area contributed by atoms with Gasteiger partial charge in [-0.05, 0) is 53.4 Å². The number of halogens is 3. The predicted octanol–water partition coefficient (Wildman–Crippen LogP) is 3.61. The van der Waals surface area contributed by atoms with Crippen LogP contribution >= 0.6 is 0 Å². The van der Waals surface area contributed by atoms with E-state index in [1.54, 1.807) is 18.2 Å². The minimum Gasteiger partial charge on any atom is -0.405 e. The topological polar surface area (TPSA) is 116 Å². The van der Waals surface area contributed by atoms with Crippen LogP contribution < -0.4 is 10.1 Å². The molecule has 1 atom stereocenters. The van der Waals surface area contributed by atoms with Gasteiger partial charge in [0.2, 0.25) is 11.8 Å². The number of piperazine rings is 1. The minimum absolute atomic E-state index is 0.0398. The van der Waals surface area contributed by atoms with Crippen molar-refractivity contribution in [2.24, 2.45) is 0 Å². The SMILES string of the molecule is O=C1CCC(N2C(=O)c3ccc(-c4cccc(CN5CCN(C(=O)c6ccccc6OC(F)(F)F)CC5)c4)cc3C2=O)C(=O)N1. The fourth-order valence-electron chi connectivity index (χ4n) is 5.89. The molecule has 0 spiro atoms. The van der Waals surface area contributed by atoms with Crippen LogP contribution in [0.1, 0.15) is 49.5 Å². The van der Waals surface area contributed by atoms with E-state index in [1.165, 1.54) is 23.1 Å². The molecule has 3 aliphatic heterocycles. The molecule has 3 aliphatic rings. The number of hydrogen-bond donors (Lipinski definition) is 1. The number of ether oxygens (including phenoxy) is 1. The lowest BCUT2D eigenvalue weighted by Gasteiger charge is -2.35. The van der Waals surface area contributed by atoms with E-state index in [0.29, 0.717) is 38.3 Å². The number of nitrogens with zero attached hydrogens (tertiary/aromatic N) is 3. The molecule has 0 bridgehead atoms. The van der Waals surface area contributed by atoms with Crippen molar-refractivity contribution in [3.8, 4) is 16.9 Å². The molecule has 3 aromatic carbocycles. The predicted molar refractivity (Wildman–Crippen MR) is 153 cm³/mol. The number of alkyl halides is 3. The van der Waals surface area contributed by atoms with E-state index in [9.17, 15) is 37.1 Å². The van der Waals surface area contributed by atoms with Crippen LogP contribution in [0.25, 0.3) is 11.1 Å². The molecule has 13 heteroatoms. The van der Waals surface area contributed by atoms with E-state index in [1.807, 2.05) is 24.3 Å². The number of carbonyl (C=O) groups is 5. The number of hydrogen-bond acceptors (Lipinski definition) is 7. The molecule has 3 heterocycles. The van der Waals surface area contributed by atoms with Crippen molar-refractivity contribution in [1.29, 1.82) is 0 Å². The Balaban J connectivity index is 1.11. The Morgan fingerprint density at radius 3 is 2.29 bits per heavy atom. The van der Waals surface area contributed by atoms with Crippen molar-refractivity contribution in [1.82, 2.24) is 20.0 Å². The van der Waals surface area contributed by atoms with Crippen molar-refractivity contribution in [2.45, 2.75) is 31.8 Å². The van der Waals surface area contributed by atoms with Crippen LogP contribution in [0.3, 0.4) is 0 Å². The third-order valence-corrected chi connectivity index (χ3v) is 8.11. The number of rotatable bonds is 6. The zero-order valence-corrected chi connectivity index (χ0v) is 23.8. The summed E-state index contributed by atoms with van der Waals surface area (Å²) in [6, 6.07) is 16.8. The van der Waals surface area contributed by atoms with Gasteiger partial charge in [-0.1, -0.05) is 36.4 Å². The van der Waals surface area contributed by atoms with Crippen LogP contribution in [0, 0.1) is 0 Å². The van der Waals surface area contributed by atoms with E-state index in [-0.39, 0.29) is 29.5 Å². The quantitative estimate of drug-likeness (QED) is 0.419. The van der Waals surface area contributed by atoms with Gasteiger partial charge in [0, 0.05) is 39.1 Å². The number of nitrogens with one attached hydrogen (secondary N) is 1. The third-order valence-electron chi connectivity index (χ3n) is 8.11. The summed E-state index contributed by atoms with van der Waals surface area (Å²) in [6.45, 7) is 2.20. The number of piperidine rings is 1. The molecule has 5 amide bonds. The average Bonchev–Trinajstić information content (AvgIpc) is 3.25. The zero-order chi connectivity index (χ0) is 31.9. The van der Waals surface area contributed by atoms with Crippen molar-refractivity contribution in [3.63, 3.8) is 0 Å². The van der Waals surface area contributed by atoms with Crippen LogP contribution in [-0.4, -0.2) is 82.8 Å². The summed E-state index contributed by atoms with van der Waals surface area (Å²) in [4.78, 5) is 67.7. The maximum Gasteiger partial charge on any atom is 0.573 e. The largest absolute Gasteiger partial charge is 0.573 e. The van der Waals surface area contributed by atoms with E-state index in [2.05, 4.69) is 15.0 Å². The Kier molecular flexibility index (Phi) is 7.87. The Morgan fingerprint density at radius 1 is 0.844 bits per heavy atom. The third kappa shape index (κ3) is 6.16. The van der Waals surface area contributed by atoms with Gasteiger partial charge in [-0.2, -0.15) is 0 Å². The molecule has 0 aromatic heterocycles. The highest BCUT2D eigenvalue weighted by molar-refractivity contribution is 6.23. The lowest BCUT2D eigenvalue weighted by Crippen LogP contribution is -2.54. The second-order valence-electron chi connectivity index (χ2n) is 11.0. The van der Waals surface area contributed by atoms with Gasteiger partial charge in [0.15, 0.2) is 0 Å². The first-order valence-electron chi connectivity index (χ1n) is 14.3. The Bertz CT molecular complexity index is 1720. The first-order valence-corrected chi connectivity index (χ1v) is 14.3. The maximum absolute atomic E-state index is 13.2. The number of para-hydroxylation sites is 1. The molecule has 3 aromatic rings. The number of benzene rings is 3. The van der Waals surface area contributed by atoms with Gasteiger partial charge in [0.1, 0.15) is 11.8 Å². The fraction of sp³-hybridized carbons (Fsp3) is 0.281. The summed E-state index contributed by atoms with van der Waals surface area (Å²) < 4.78 is 42.5. The number of fused-ring (bicyclic) bond motifs is 1. The summed E-state index contributed by atoms with van der Waals surface area (Å²) in [6.07, 6.45) is -4.79. The van der Waals surface area contributed by atoms with Crippen LogP contribution in [0.15, 0.2) is 66.7 Å². The molecule has 0 radical (unpaired) electrons. The molecular weight excluding hydrogens is 593 g/mol.